The van der Waals surface area contributed by atoms with E-state index in [1.54, 1.807) is 31.2 Å². The number of piperidine rings is 1. The molecule has 14 heteroatoms. The Morgan fingerprint density at radius 2 is 1.49 bits per heavy atom. The predicted octanol–water partition coefficient (Wildman–Crippen LogP) is 6.80. The molecule has 3 aromatic carbocycles. The van der Waals surface area contributed by atoms with Crippen molar-refractivity contribution in [3.8, 4) is 11.5 Å². The summed E-state index contributed by atoms with van der Waals surface area (Å²) in [5.74, 6) is -1.35. The summed E-state index contributed by atoms with van der Waals surface area (Å²) in [4.78, 5) is 32.7. The van der Waals surface area contributed by atoms with Crippen molar-refractivity contribution in [1.82, 2.24) is 20.4 Å². The highest BCUT2D eigenvalue weighted by Crippen LogP contribution is 2.40. The van der Waals surface area contributed by atoms with Crippen LogP contribution in [0, 0.1) is 12.7 Å². The number of benzene rings is 3. The summed E-state index contributed by atoms with van der Waals surface area (Å²) in [6.07, 6.45) is -10.0. The number of hydrogen-bond donors (Lipinski definition) is 1. The molecule has 5 rings (SSSR count). The zero-order valence-corrected chi connectivity index (χ0v) is 23.5. The van der Waals surface area contributed by atoms with Gasteiger partial charge in [0.15, 0.2) is 11.9 Å². The molecule has 4 aromatic rings. The highest BCUT2D eigenvalue weighted by atomic mass is 19.4. The number of aryl methyl sites for hydroxylation is 1. The minimum absolute atomic E-state index is 0.0226. The van der Waals surface area contributed by atoms with E-state index in [0.717, 1.165) is 12.1 Å². The Balaban J connectivity index is 1.38. The summed E-state index contributed by atoms with van der Waals surface area (Å²) in [6, 6.07) is 10.8. The minimum Gasteiger partial charge on any atom is -0.340 e. The molecule has 1 aliphatic rings. The average Bonchev–Trinajstić information content (AvgIpc) is 3.45. The summed E-state index contributed by atoms with van der Waals surface area (Å²) < 4.78 is 100. The van der Waals surface area contributed by atoms with Crippen molar-refractivity contribution in [3.05, 3.63) is 107 Å². The van der Waals surface area contributed by atoms with E-state index in [0.29, 0.717) is 41.2 Å². The van der Waals surface area contributed by atoms with Gasteiger partial charge in [0.1, 0.15) is 5.82 Å². The quantitative estimate of drug-likeness (QED) is 0.236. The maximum atomic E-state index is 14.2. The third-order valence-corrected chi connectivity index (χ3v) is 7.82. The van der Waals surface area contributed by atoms with Crippen molar-refractivity contribution in [1.29, 1.82) is 0 Å². The molecule has 0 saturated carbocycles. The number of carbonyl (C=O) groups is 2. The predicted molar refractivity (Wildman–Crippen MR) is 146 cm³/mol. The van der Waals surface area contributed by atoms with Crippen LogP contribution < -0.4 is 5.32 Å². The molecule has 1 aromatic heterocycles. The van der Waals surface area contributed by atoms with Crippen LogP contribution in [0.4, 0.5) is 30.7 Å². The number of nitrogens with one attached hydrogen (secondary N) is 1. The number of alkyl halides is 6. The van der Waals surface area contributed by atoms with E-state index in [-0.39, 0.29) is 43.3 Å². The van der Waals surface area contributed by atoms with Crippen LogP contribution in [0.3, 0.4) is 0 Å². The van der Waals surface area contributed by atoms with Crippen LogP contribution >= 0.6 is 0 Å². The summed E-state index contributed by atoms with van der Waals surface area (Å²) in [7, 11) is 0. The van der Waals surface area contributed by atoms with Gasteiger partial charge in [-0.05, 0) is 79.4 Å². The topological polar surface area (TPSA) is 88.3 Å². The Morgan fingerprint density at radius 3 is 2.00 bits per heavy atom. The Bertz CT molecular complexity index is 1660. The Morgan fingerprint density at radius 1 is 0.889 bits per heavy atom. The summed E-state index contributed by atoms with van der Waals surface area (Å²) in [5.41, 5.74) is -2.19. The highest BCUT2D eigenvalue weighted by molar-refractivity contribution is 5.95. The second-order valence-corrected chi connectivity index (χ2v) is 10.7. The van der Waals surface area contributed by atoms with Gasteiger partial charge in [0.05, 0.1) is 11.0 Å². The van der Waals surface area contributed by atoms with E-state index in [9.17, 15) is 40.3 Å². The zero-order chi connectivity index (χ0) is 32.6. The average molecular weight is 635 g/mol. The maximum absolute atomic E-state index is 14.2. The van der Waals surface area contributed by atoms with Crippen LogP contribution in [-0.4, -0.2) is 46.1 Å². The van der Waals surface area contributed by atoms with Gasteiger partial charge in [-0.3, -0.25) is 9.59 Å². The maximum Gasteiger partial charge on any atom is 0.416 e. The first kappa shape index (κ1) is 31.7. The fourth-order valence-corrected chi connectivity index (χ4v) is 5.35. The number of amides is 2. The molecular formula is C31H25F7N4O3. The highest BCUT2D eigenvalue weighted by Gasteiger charge is 2.49. The largest absolute Gasteiger partial charge is 0.416 e. The van der Waals surface area contributed by atoms with E-state index in [4.69, 9.17) is 4.52 Å². The van der Waals surface area contributed by atoms with Crippen LogP contribution in [0.25, 0.3) is 11.5 Å². The molecule has 1 fully saturated rings. The van der Waals surface area contributed by atoms with E-state index < -0.39 is 46.7 Å². The summed E-state index contributed by atoms with van der Waals surface area (Å²) in [5, 5.41) is 5.72. The van der Waals surface area contributed by atoms with E-state index in [2.05, 4.69) is 10.1 Å². The number of nitrogens with zero attached hydrogens (tertiary/aromatic N) is 3. The molecule has 236 valence electrons. The molecule has 0 radical (unpaired) electrons. The van der Waals surface area contributed by atoms with Gasteiger partial charge in [-0.15, -0.1) is 0 Å². The van der Waals surface area contributed by atoms with Crippen molar-refractivity contribution in [3.63, 3.8) is 0 Å². The zero-order valence-electron chi connectivity index (χ0n) is 23.5. The number of carbonyl (C=O) groups excluding carboxylic acids is 2. The molecular weight excluding hydrogens is 609 g/mol. The molecule has 0 bridgehead atoms. The monoisotopic (exact) mass is 634 g/mol. The van der Waals surface area contributed by atoms with Gasteiger partial charge in [0, 0.05) is 24.2 Å². The number of rotatable bonds is 6. The van der Waals surface area contributed by atoms with Crippen molar-refractivity contribution < 1.29 is 44.8 Å². The fourth-order valence-electron chi connectivity index (χ4n) is 5.35. The van der Waals surface area contributed by atoms with Crippen molar-refractivity contribution in [2.45, 2.75) is 43.6 Å². The molecule has 1 saturated heterocycles. The Hall–Kier alpha value is -4.75. The number of halogens is 7. The Labute approximate surface area is 252 Å². The minimum atomic E-state index is -5.05. The standard InChI is InChI=1S/C31H25F7N4O3/c1-18-39-26(45-41-18)20-2-4-21(5-3-20)27(43)42-16-14-29(15-17-42,22-10-12-24(32)13-11-22)28(44)40-25(31(36,37)38)19-6-8-23(9-7-19)30(33,34)35/h2-13,25H,14-17H2,1H3,(H,40,44). The molecule has 1 N–H and O–H groups in total. The number of hydrogen-bond acceptors (Lipinski definition) is 5. The molecule has 2 amide bonds. The third-order valence-electron chi connectivity index (χ3n) is 7.82. The van der Waals surface area contributed by atoms with Crippen molar-refractivity contribution in [2.24, 2.45) is 0 Å². The summed E-state index contributed by atoms with van der Waals surface area (Å²) in [6.45, 7) is 1.61. The molecule has 7 nitrogen and oxygen atoms in total. The van der Waals surface area contributed by atoms with Crippen LogP contribution in [0.1, 0.15) is 51.8 Å². The lowest BCUT2D eigenvalue weighted by Crippen LogP contribution is -2.54. The molecule has 1 aliphatic heterocycles. The second-order valence-electron chi connectivity index (χ2n) is 10.7. The molecule has 1 unspecified atom stereocenters. The van der Waals surface area contributed by atoms with Crippen molar-refractivity contribution >= 4 is 11.8 Å². The van der Waals surface area contributed by atoms with Crippen LogP contribution in [-0.2, 0) is 16.4 Å². The van der Waals surface area contributed by atoms with Crippen LogP contribution in [0.15, 0.2) is 77.3 Å². The van der Waals surface area contributed by atoms with Gasteiger partial charge < -0.3 is 14.7 Å². The SMILES string of the molecule is Cc1noc(-c2ccc(C(=O)N3CCC(C(=O)NC(c4ccc(C(F)(F)F)cc4)C(F)(F)F)(c4ccc(F)cc4)CC3)cc2)n1. The third kappa shape index (κ3) is 6.69. The first-order valence-electron chi connectivity index (χ1n) is 13.7. The van der Waals surface area contributed by atoms with Crippen LogP contribution in [0.2, 0.25) is 0 Å². The molecule has 1 atom stereocenters. The smallest absolute Gasteiger partial charge is 0.340 e. The fraction of sp³-hybridized carbons (Fsp3) is 0.290. The first-order valence-corrected chi connectivity index (χ1v) is 13.7. The van der Waals surface area contributed by atoms with Gasteiger partial charge in [0.25, 0.3) is 11.8 Å². The molecule has 2 heterocycles. The van der Waals surface area contributed by atoms with Gasteiger partial charge in [-0.25, -0.2) is 4.39 Å². The Kier molecular flexibility index (Phi) is 8.43. The molecule has 0 aliphatic carbocycles. The number of aromatic nitrogens is 2. The lowest BCUT2D eigenvalue weighted by atomic mass is 9.71. The summed E-state index contributed by atoms with van der Waals surface area (Å²) >= 11 is 0. The first-order chi connectivity index (χ1) is 21.2. The van der Waals surface area contributed by atoms with Gasteiger partial charge in [0.2, 0.25) is 5.91 Å². The lowest BCUT2D eigenvalue weighted by molar-refractivity contribution is -0.165. The lowest BCUT2D eigenvalue weighted by Gasteiger charge is -2.42. The van der Waals surface area contributed by atoms with Crippen LogP contribution in [0.5, 0.6) is 0 Å². The van der Waals surface area contributed by atoms with E-state index >= 15 is 0 Å². The molecule has 0 spiro atoms. The van der Waals surface area contributed by atoms with Gasteiger partial charge in [-0.2, -0.15) is 31.3 Å². The van der Waals surface area contributed by atoms with Gasteiger partial charge >= 0.3 is 12.4 Å². The molecule has 45 heavy (non-hydrogen) atoms. The second kappa shape index (κ2) is 12.0. The van der Waals surface area contributed by atoms with Crippen molar-refractivity contribution in [2.75, 3.05) is 13.1 Å². The van der Waals surface area contributed by atoms with Gasteiger partial charge in [-0.1, -0.05) is 29.4 Å². The van der Waals surface area contributed by atoms with E-state index in [1.165, 1.54) is 17.0 Å². The number of likely N-dealkylation sites (tertiary alicyclic amines) is 1. The van der Waals surface area contributed by atoms with E-state index in [1.807, 2.05) is 5.32 Å². The normalized spacial score (nSPS) is 15.9.